The number of aromatic nitrogens is 1. The number of rotatable bonds is 4. The Morgan fingerprint density at radius 1 is 1.08 bits per heavy atom. The summed E-state index contributed by atoms with van der Waals surface area (Å²) in [6.07, 6.45) is 8.63. The van der Waals surface area contributed by atoms with Gasteiger partial charge in [0.2, 0.25) is 0 Å². The number of benzene rings is 1. The molecule has 0 atom stereocenters. The quantitative estimate of drug-likeness (QED) is 0.880. The van der Waals surface area contributed by atoms with Gasteiger partial charge in [-0.25, -0.2) is 0 Å². The molecule has 4 rings (SSSR count). The fourth-order valence-electron chi connectivity index (χ4n) is 4.77. The lowest BCUT2D eigenvalue weighted by atomic mass is 9.80. The van der Waals surface area contributed by atoms with Crippen LogP contribution in [0.1, 0.15) is 61.4 Å². The minimum Gasteiger partial charge on any atom is -0.481 e. The molecule has 1 aliphatic heterocycles. The Hall–Kier alpha value is -2.03. The van der Waals surface area contributed by atoms with E-state index >= 15 is 0 Å². The molecule has 126 valence electrons. The van der Waals surface area contributed by atoms with Crippen LogP contribution in [0.4, 0.5) is 0 Å². The molecule has 1 saturated carbocycles. The van der Waals surface area contributed by atoms with E-state index in [1.54, 1.807) is 0 Å². The SMILES string of the molecule is O=C(O)Cc1c(C2CCCCC2)c(-c2ccccc2)c2n1CCC2. The van der Waals surface area contributed by atoms with E-state index in [0.29, 0.717) is 5.92 Å². The van der Waals surface area contributed by atoms with Gasteiger partial charge in [-0.1, -0.05) is 49.6 Å². The van der Waals surface area contributed by atoms with Crippen molar-refractivity contribution in [1.82, 2.24) is 4.57 Å². The summed E-state index contributed by atoms with van der Waals surface area (Å²) < 4.78 is 2.33. The van der Waals surface area contributed by atoms with Gasteiger partial charge in [-0.15, -0.1) is 0 Å². The van der Waals surface area contributed by atoms with E-state index in [4.69, 9.17) is 0 Å². The fourth-order valence-corrected chi connectivity index (χ4v) is 4.77. The smallest absolute Gasteiger partial charge is 0.309 e. The van der Waals surface area contributed by atoms with Crippen molar-refractivity contribution >= 4 is 5.97 Å². The van der Waals surface area contributed by atoms with Gasteiger partial charge in [0.1, 0.15) is 0 Å². The fraction of sp³-hybridized carbons (Fsp3) is 0.476. The highest BCUT2D eigenvalue weighted by Gasteiger charge is 2.31. The molecule has 0 saturated heterocycles. The van der Waals surface area contributed by atoms with Crippen LogP contribution in [0.25, 0.3) is 11.1 Å². The van der Waals surface area contributed by atoms with Crippen molar-refractivity contribution < 1.29 is 9.90 Å². The molecule has 0 amide bonds. The summed E-state index contributed by atoms with van der Waals surface area (Å²) >= 11 is 0. The minimum absolute atomic E-state index is 0.158. The number of hydrogen-bond acceptors (Lipinski definition) is 1. The first-order valence-electron chi connectivity index (χ1n) is 9.27. The summed E-state index contributed by atoms with van der Waals surface area (Å²) in [5, 5.41) is 9.49. The number of carboxylic acids is 1. The van der Waals surface area contributed by atoms with Crippen LogP contribution in [0.3, 0.4) is 0 Å². The highest BCUT2D eigenvalue weighted by atomic mass is 16.4. The van der Waals surface area contributed by atoms with E-state index in [1.807, 2.05) is 0 Å². The second-order valence-electron chi connectivity index (χ2n) is 7.21. The Labute approximate surface area is 143 Å². The van der Waals surface area contributed by atoms with Crippen LogP contribution in [0.15, 0.2) is 30.3 Å². The molecule has 3 heteroatoms. The zero-order chi connectivity index (χ0) is 16.5. The predicted molar refractivity (Wildman–Crippen MR) is 95.4 cm³/mol. The Kier molecular flexibility index (Phi) is 4.17. The van der Waals surface area contributed by atoms with Gasteiger partial charge in [-0.2, -0.15) is 0 Å². The van der Waals surface area contributed by atoms with Crippen molar-refractivity contribution in [1.29, 1.82) is 0 Å². The van der Waals surface area contributed by atoms with E-state index in [1.165, 1.54) is 54.5 Å². The summed E-state index contributed by atoms with van der Waals surface area (Å²) in [6, 6.07) is 10.6. The lowest BCUT2D eigenvalue weighted by Gasteiger charge is -2.24. The number of carboxylic acid groups (broad SMARTS) is 1. The summed E-state index contributed by atoms with van der Waals surface area (Å²) in [4.78, 5) is 11.5. The van der Waals surface area contributed by atoms with Gasteiger partial charge in [0.25, 0.3) is 0 Å². The Morgan fingerprint density at radius 2 is 1.83 bits per heavy atom. The van der Waals surface area contributed by atoms with Crippen molar-refractivity contribution in [3.63, 3.8) is 0 Å². The maximum Gasteiger partial charge on any atom is 0.309 e. The van der Waals surface area contributed by atoms with Gasteiger partial charge >= 0.3 is 5.97 Å². The normalized spacial score (nSPS) is 17.8. The Balaban J connectivity index is 1.91. The first-order valence-corrected chi connectivity index (χ1v) is 9.27. The standard InChI is InChI=1S/C21H25NO2/c23-19(24)14-18-21(16-10-5-2-6-11-16)20(15-8-3-1-4-9-15)17-12-7-13-22(17)18/h1,3-4,8-9,16H,2,5-7,10-14H2,(H,23,24). The lowest BCUT2D eigenvalue weighted by Crippen LogP contribution is -2.13. The molecular weight excluding hydrogens is 298 g/mol. The zero-order valence-electron chi connectivity index (χ0n) is 14.1. The second kappa shape index (κ2) is 6.46. The van der Waals surface area contributed by atoms with Crippen molar-refractivity contribution in [2.75, 3.05) is 0 Å². The molecule has 1 aliphatic carbocycles. The van der Waals surface area contributed by atoms with E-state index < -0.39 is 5.97 Å². The predicted octanol–water partition coefficient (Wildman–Crippen LogP) is 4.78. The van der Waals surface area contributed by atoms with Crippen molar-refractivity contribution in [2.24, 2.45) is 0 Å². The van der Waals surface area contributed by atoms with Crippen LogP contribution < -0.4 is 0 Å². The van der Waals surface area contributed by atoms with E-state index in [9.17, 15) is 9.90 Å². The number of fused-ring (bicyclic) bond motifs is 1. The molecule has 0 spiro atoms. The van der Waals surface area contributed by atoms with Crippen LogP contribution in [0.5, 0.6) is 0 Å². The highest BCUT2D eigenvalue weighted by Crippen LogP contribution is 2.45. The molecule has 1 fully saturated rings. The lowest BCUT2D eigenvalue weighted by molar-refractivity contribution is -0.136. The minimum atomic E-state index is -0.709. The molecular formula is C21H25NO2. The summed E-state index contributed by atoms with van der Waals surface area (Å²) in [6.45, 7) is 0.977. The van der Waals surface area contributed by atoms with Gasteiger partial charge < -0.3 is 9.67 Å². The monoisotopic (exact) mass is 323 g/mol. The average molecular weight is 323 g/mol. The maximum atomic E-state index is 11.5. The third-order valence-corrected chi connectivity index (χ3v) is 5.71. The summed E-state index contributed by atoms with van der Waals surface area (Å²) in [5.41, 5.74) is 6.44. The van der Waals surface area contributed by atoms with Gasteiger partial charge in [-0.3, -0.25) is 4.79 Å². The van der Waals surface area contributed by atoms with Crippen molar-refractivity contribution in [3.8, 4) is 11.1 Å². The van der Waals surface area contributed by atoms with Crippen molar-refractivity contribution in [3.05, 3.63) is 47.3 Å². The third-order valence-electron chi connectivity index (χ3n) is 5.71. The van der Waals surface area contributed by atoms with Gasteiger partial charge in [0.05, 0.1) is 6.42 Å². The largest absolute Gasteiger partial charge is 0.481 e. The average Bonchev–Trinajstić information content (AvgIpc) is 3.18. The van der Waals surface area contributed by atoms with Crippen LogP contribution in [0, 0.1) is 0 Å². The molecule has 1 aromatic carbocycles. The summed E-state index contributed by atoms with van der Waals surface area (Å²) in [7, 11) is 0. The molecule has 0 unspecified atom stereocenters. The zero-order valence-corrected chi connectivity index (χ0v) is 14.1. The van der Waals surface area contributed by atoms with Gasteiger partial charge in [0, 0.05) is 23.5 Å². The van der Waals surface area contributed by atoms with E-state index in [0.717, 1.165) is 25.1 Å². The number of hydrogen-bond donors (Lipinski definition) is 1. The Morgan fingerprint density at radius 3 is 2.54 bits per heavy atom. The number of nitrogens with zero attached hydrogens (tertiary/aromatic N) is 1. The number of carbonyl (C=O) groups is 1. The first-order chi connectivity index (χ1) is 11.8. The number of aliphatic carboxylic acids is 1. The third kappa shape index (κ3) is 2.66. The second-order valence-corrected chi connectivity index (χ2v) is 7.21. The molecule has 2 aromatic rings. The van der Waals surface area contributed by atoms with Crippen molar-refractivity contribution in [2.45, 2.75) is 63.8 Å². The molecule has 0 bridgehead atoms. The van der Waals surface area contributed by atoms with E-state index in [2.05, 4.69) is 34.9 Å². The molecule has 0 radical (unpaired) electrons. The van der Waals surface area contributed by atoms with Crippen LogP contribution in [-0.2, 0) is 24.2 Å². The molecule has 2 heterocycles. The van der Waals surface area contributed by atoms with Crippen LogP contribution in [0.2, 0.25) is 0 Å². The maximum absolute atomic E-state index is 11.5. The van der Waals surface area contributed by atoms with Crippen LogP contribution >= 0.6 is 0 Å². The molecule has 3 nitrogen and oxygen atoms in total. The topological polar surface area (TPSA) is 42.2 Å². The molecule has 1 N–H and O–H groups in total. The summed E-state index contributed by atoms with van der Waals surface area (Å²) in [5.74, 6) is -0.180. The van der Waals surface area contributed by atoms with Crippen LogP contribution in [-0.4, -0.2) is 15.6 Å². The molecule has 24 heavy (non-hydrogen) atoms. The Bertz CT molecular complexity index is 739. The highest BCUT2D eigenvalue weighted by molar-refractivity contribution is 5.77. The first kappa shape index (κ1) is 15.5. The van der Waals surface area contributed by atoms with Gasteiger partial charge in [-0.05, 0) is 42.7 Å². The molecule has 1 aromatic heterocycles. The van der Waals surface area contributed by atoms with Gasteiger partial charge in [0.15, 0.2) is 0 Å². The molecule has 2 aliphatic rings. The van der Waals surface area contributed by atoms with E-state index in [-0.39, 0.29) is 6.42 Å².